The van der Waals surface area contributed by atoms with Crippen molar-refractivity contribution in [3.8, 4) is 0 Å². The van der Waals surface area contributed by atoms with Gasteiger partial charge >= 0.3 is 6.03 Å². The molecule has 3 rings (SSSR count). The van der Waals surface area contributed by atoms with E-state index >= 15 is 0 Å². The Balaban J connectivity index is 2.15. The Morgan fingerprint density at radius 2 is 1.18 bits per heavy atom. The van der Waals surface area contributed by atoms with Crippen LogP contribution in [0.3, 0.4) is 0 Å². The Morgan fingerprint density at radius 3 is 1.67 bits per heavy atom. The van der Waals surface area contributed by atoms with E-state index in [2.05, 4.69) is 84.9 Å². The molecule has 0 saturated heterocycles. The third kappa shape index (κ3) is 5.65. The topological polar surface area (TPSA) is 23.6 Å². The molecule has 0 aliphatic rings. The van der Waals surface area contributed by atoms with Crippen LogP contribution in [0.2, 0.25) is 0 Å². The van der Waals surface area contributed by atoms with Crippen molar-refractivity contribution in [2.75, 3.05) is 11.4 Å². The van der Waals surface area contributed by atoms with Crippen molar-refractivity contribution < 1.29 is 4.79 Å². The summed E-state index contributed by atoms with van der Waals surface area (Å²) in [4.78, 5) is 18.3. The van der Waals surface area contributed by atoms with Crippen LogP contribution in [0, 0.1) is 41.5 Å². The predicted molar refractivity (Wildman–Crippen MR) is 141 cm³/mol. The zero-order valence-corrected chi connectivity index (χ0v) is 21.3. The largest absolute Gasteiger partial charge is 0.329 e. The number of hydrogen-bond acceptors (Lipinski definition) is 1. The Bertz CT molecular complexity index is 1060. The first kappa shape index (κ1) is 24.6. The molecule has 3 aromatic rings. The summed E-state index contributed by atoms with van der Waals surface area (Å²) in [6.07, 6.45) is 2.02. The molecule has 0 heterocycles. The molecule has 3 heteroatoms. The smallest absolute Gasteiger partial charge is 0.320 e. The van der Waals surface area contributed by atoms with E-state index in [0.29, 0.717) is 6.54 Å². The number of carbonyl (C=O) groups excluding carboxylic acids is 1. The van der Waals surface area contributed by atoms with Crippen molar-refractivity contribution in [3.63, 3.8) is 0 Å². The summed E-state index contributed by atoms with van der Waals surface area (Å²) >= 11 is 0. The van der Waals surface area contributed by atoms with Crippen molar-refractivity contribution in [2.45, 2.75) is 67.9 Å². The average Bonchev–Trinajstić information content (AvgIpc) is 2.78. The number of carbonyl (C=O) groups is 1. The minimum absolute atomic E-state index is 0.0324. The number of anilines is 2. The van der Waals surface area contributed by atoms with E-state index in [1.165, 1.54) is 22.3 Å². The van der Waals surface area contributed by atoms with Gasteiger partial charge in [-0.15, -0.1) is 0 Å². The summed E-state index contributed by atoms with van der Waals surface area (Å²) in [6, 6.07) is 19.0. The summed E-state index contributed by atoms with van der Waals surface area (Å²) in [5, 5.41) is 0. The van der Waals surface area contributed by atoms with Gasteiger partial charge in [0.1, 0.15) is 0 Å². The lowest BCUT2D eigenvalue weighted by Gasteiger charge is -2.33. The van der Waals surface area contributed by atoms with Crippen LogP contribution in [-0.2, 0) is 6.54 Å². The second-order valence-corrected chi connectivity index (χ2v) is 9.32. The standard InChI is InChI=1S/C30H38N2O/c1-8-9-15-31(20-27-13-11-10-12-14-27)30(33)32(28-18-23(4)21(2)16-25(28)6)29-19-24(5)22(3)17-26(29)7/h10-14,16-19H,8-9,15,20H2,1-7H3. The number of nitrogens with zero attached hydrogens (tertiary/aromatic N) is 2. The number of unbranched alkanes of at least 4 members (excludes halogenated alkanes) is 1. The second kappa shape index (κ2) is 10.7. The summed E-state index contributed by atoms with van der Waals surface area (Å²) in [5.74, 6) is 0. The molecule has 0 saturated carbocycles. The van der Waals surface area contributed by atoms with Crippen LogP contribution in [0.25, 0.3) is 0 Å². The first-order valence-corrected chi connectivity index (χ1v) is 12.0. The highest BCUT2D eigenvalue weighted by Crippen LogP contribution is 2.35. The summed E-state index contributed by atoms with van der Waals surface area (Å²) in [7, 11) is 0. The van der Waals surface area contributed by atoms with Crippen molar-refractivity contribution in [1.29, 1.82) is 0 Å². The lowest BCUT2D eigenvalue weighted by molar-refractivity contribution is 0.203. The number of hydrogen-bond donors (Lipinski definition) is 0. The van der Waals surface area contributed by atoms with E-state index in [4.69, 9.17) is 0 Å². The van der Waals surface area contributed by atoms with Gasteiger partial charge in [-0.1, -0.05) is 55.8 Å². The number of urea groups is 1. The molecule has 0 aliphatic carbocycles. The molecule has 0 radical (unpaired) electrons. The van der Waals surface area contributed by atoms with Crippen LogP contribution in [0.1, 0.15) is 58.7 Å². The van der Waals surface area contributed by atoms with E-state index in [9.17, 15) is 4.79 Å². The second-order valence-electron chi connectivity index (χ2n) is 9.32. The van der Waals surface area contributed by atoms with Gasteiger partial charge in [0.15, 0.2) is 0 Å². The number of benzene rings is 3. The molecule has 33 heavy (non-hydrogen) atoms. The van der Waals surface area contributed by atoms with Crippen molar-refractivity contribution >= 4 is 17.4 Å². The predicted octanol–water partition coefficient (Wildman–Crippen LogP) is 8.10. The van der Waals surface area contributed by atoms with Gasteiger partial charge < -0.3 is 4.90 Å². The highest BCUT2D eigenvalue weighted by atomic mass is 16.2. The molecule has 2 amide bonds. The fourth-order valence-corrected chi connectivity index (χ4v) is 4.24. The number of aryl methyl sites for hydroxylation is 6. The molecule has 0 aromatic heterocycles. The van der Waals surface area contributed by atoms with Gasteiger partial charge in [-0.3, -0.25) is 4.90 Å². The van der Waals surface area contributed by atoms with Gasteiger partial charge in [-0.25, -0.2) is 4.79 Å². The third-order valence-corrected chi connectivity index (χ3v) is 6.57. The van der Waals surface area contributed by atoms with Gasteiger partial charge in [0.2, 0.25) is 0 Å². The highest BCUT2D eigenvalue weighted by molar-refractivity contribution is 6.01. The van der Waals surface area contributed by atoms with Crippen LogP contribution in [0.4, 0.5) is 16.2 Å². The fourth-order valence-electron chi connectivity index (χ4n) is 4.24. The average molecular weight is 443 g/mol. The van der Waals surface area contributed by atoms with E-state index in [-0.39, 0.29) is 6.03 Å². The maximum absolute atomic E-state index is 14.3. The molecule has 0 atom stereocenters. The Labute approximate surface area is 200 Å². The van der Waals surface area contributed by atoms with Crippen molar-refractivity contribution in [3.05, 3.63) is 93.5 Å². The lowest BCUT2D eigenvalue weighted by atomic mass is 10.0. The molecule has 0 fully saturated rings. The zero-order chi connectivity index (χ0) is 24.1. The molecule has 0 aliphatic heterocycles. The van der Waals surface area contributed by atoms with Crippen LogP contribution >= 0.6 is 0 Å². The lowest BCUT2D eigenvalue weighted by Crippen LogP contribution is -2.41. The minimum Gasteiger partial charge on any atom is -0.320 e. The van der Waals surface area contributed by atoms with E-state index < -0.39 is 0 Å². The van der Waals surface area contributed by atoms with Crippen molar-refractivity contribution in [2.24, 2.45) is 0 Å². The summed E-state index contributed by atoms with van der Waals surface area (Å²) in [6.45, 7) is 16.2. The zero-order valence-electron chi connectivity index (χ0n) is 21.3. The number of rotatable bonds is 7. The van der Waals surface area contributed by atoms with Crippen LogP contribution < -0.4 is 4.90 Å². The maximum Gasteiger partial charge on any atom is 0.329 e. The molecule has 174 valence electrons. The SMILES string of the molecule is CCCCN(Cc1ccccc1)C(=O)N(c1cc(C)c(C)cc1C)c1cc(C)c(C)cc1C. The summed E-state index contributed by atoms with van der Waals surface area (Å²) in [5.41, 5.74) is 10.2. The van der Waals surface area contributed by atoms with Gasteiger partial charge in [-0.2, -0.15) is 0 Å². The normalized spacial score (nSPS) is 10.9. The fraction of sp³-hybridized carbons (Fsp3) is 0.367. The first-order valence-electron chi connectivity index (χ1n) is 12.0. The first-order chi connectivity index (χ1) is 15.7. The van der Waals surface area contributed by atoms with Crippen LogP contribution in [0.5, 0.6) is 0 Å². The van der Waals surface area contributed by atoms with E-state index in [1.54, 1.807) is 0 Å². The van der Waals surface area contributed by atoms with E-state index in [1.807, 2.05) is 28.0 Å². The molecule has 0 bridgehead atoms. The monoisotopic (exact) mass is 442 g/mol. The molecular formula is C30H38N2O. The van der Waals surface area contributed by atoms with Crippen molar-refractivity contribution in [1.82, 2.24) is 4.90 Å². The molecule has 0 spiro atoms. The Hall–Kier alpha value is -3.07. The van der Waals surface area contributed by atoms with Gasteiger partial charge in [0.05, 0.1) is 11.4 Å². The van der Waals surface area contributed by atoms with Gasteiger partial charge in [0, 0.05) is 13.1 Å². The summed E-state index contributed by atoms with van der Waals surface area (Å²) < 4.78 is 0. The van der Waals surface area contributed by atoms with Crippen LogP contribution in [0.15, 0.2) is 54.6 Å². The van der Waals surface area contributed by atoms with Gasteiger partial charge in [-0.05, 0) is 99.0 Å². The molecule has 0 unspecified atom stereocenters. The highest BCUT2D eigenvalue weighted by Gasteiger charge is 2.27. The van der Waals surface area contributed by atoms with E-state index in [0.717, 1.165) is 47.5 Å². The molecule has 3 nitrogen and oxygen atoms in total. The quantitative estimate of drug-likeness (QED) is 0.362. The molecule has 3 aromatic carbocycles. The Morgan fingerprint density at radius 1 is 0.697 bits per heavy atom. The van der Waals surface area contributed by atoms with Gasteiger partial charge in [0.25, 0.3) is 0 Å². The third-order valence-electron chi connectivity index (χ3n) is 6.57. The molecule has 0 N–H and O–H groups in total. The molecular weight excluding hydrogens is 404 g/mol. The number of amides is 2. The Kier molecular flexibility index (Phi) is 7.97. The van der Waals surface area contributed by atoms with Crippen LogP contribution in [-0.4, -0.2) is 17.5 Å². The maximum atomic E-state index is 14.3. The minimum atomic E-state index is 0.0324.